The number of pyridine rings is 1. The van der Waals surface area contributed by atoms with Crippen molar-refractivity contribution >= 4 is 10.8 Å². The minimum atomic E-state index is -0.343. The second-order valence-electron chi connectivity index (χ2n) is 3.00. The van der Waals surface area contributed by atoms with E-state index in [0.717, 1.165) is 5.39 Å². The highest BCUT2D eigenvalue weighted by atomic mass is 19.1. The van der Waals surface area contributed by atoms with Gasteiger partial charge in [-0.25, -0.2) is 4.39 Å². The van der Waals surface area contributed by atoms with Crippen LogP contribution in [-0.4, -0.2) is 4.98 Å². The summed E-state index contributed by atoms with van der Waals surface area (Å²) in [5.41, 5.74) is 0.300. The summed E-state index contributed by atoms with van der Waals surface area (Å²) in [5, 5.41) is 1.16. The second kappa shape index (κ2) is 2.69. The Kier molecular flexibility index (Phi) is 1.65. The van der Waals surface area contributed by atoms with Crippen molar-refractivity contribution in [3.05, 3.63) is 46.1 Å². The fourth-order valence-corrected chi connectivity index (χ4v) is 1.32. The fourth-order valence-electron chi connectivity index (χ4n) is 1.32. The van der Waals surface area contributed by atoms with Crippen LogP contribution in [0.4, 0.5) is 4.39 Å². The van der Waals surface area contributed by atoms with Gasteiger partial charge in [0, 0.05) is 11.6 Å². The molecule has 0 unspecified atom stereocenters. The molecule has 0 amide bonds. The van der Waals surface area contributed by atoms with E-state index in [1.54, 1.807) is 25.3 Å². The maximum atomic E-state index is 13.1. The number of fused-ring (bicyclic) bond motifs is 1. The maximum Gasteiger partial charge on any atom is 0.255 e. The molecule has 0 fully saturated rings. The Morgan fingerprint density at radius 3 is 2.92 bits per heavy atom. The van der Waals surface area contributed by atoms with Crippen LogP contribution in [0.5, 0.6) is 0 Å². The Labute approximate surface area is 74.0 Å². The van der Waals surface area contributed by atoms with Gasteiger partial charge in [-0.05, 0) is 36.1 Å². The first-order valence-electron chi connectivity index (χ1n) is 3.96. The number of hydrogen-bond acceptors (Lipinski definition) is 1. The SMILES string of the molecule is Cc1cc2cc[nH]c(=O)c2cc1F. The Morgan fingerprint density at radius 2 is 2.15 bits per heavy atom. The molecule has 0 atom stereocenters. The third-order valence-electron chi connectivity index (χ3n) is 2.05. The van der Waals surface area contributed by atoms with E-state index in [1.807, 2.05) is 0 Å². The summed E-state index contributed by atoms with van der Waals surface area (Å²) in [5.74, 6) is -0.343. The quantitative estimate of drug-likeness (QED) is 0.655. The van der Waals surface area contributed by atoms with Crippen molar-refractivity contribution in [3.63, 3.8) is 0 Å². The third kappa shape index (κ3) is 1.22. The van der Waals surface area contributed by atoms with Gasteiger partial charge in [0.15, 0.2) is 0 Å². The highest BCUT2D eigenvalue weighted by molar-refractivity contribution is 5.81. The number of aromatic amines is 1. The van der Waals surface area contributed by atoms with E-state index in [1.165, 1.54) is 6.07 Å². The fraction of sp³-hybridized carbons (Fsp3) is 0.100. The summed E-state index contributed by atoms with van der Waals surface area (Å²) in [6.45, 7) is 1.68. The molecule has 3 heteroatoms. The number of rotatable bonds is 0. The van der Waals surface area contributed by atoms with E-state index in [4.69, 9.17) is 0 Å². The van der Waals surface area contributed by atoms with Gasteiger partial charge in [-0.15, -0.1) is 0 Å². The first kappa shape index (κ1) is 7.98. The van der Waals surface area contributed by atoms with Crippen LogP contribution >= 0.6 is 0 Å². The molecule has 0 bridgehead atoms. The van der Waals surface area contributed by atoms with Crippen molar-refractivity contribution in [1.82, 2.24) is 4.98 Å². The Hall–Kier alpha value is -1.64. The van der Waals surface area contributed by atoms with Gasteiger partial charge in [0.25, 0.3) is 5.56 Å². The van der Waals surface area contributed by atoms with E-state index in [9.17, 15) is 9.18 Å². The molecule has 2 aromatic rings. The summed E-state index contributed by atoms with van der Waals surface area (Å²) in [6.07, 6.45) is 1.56. The average molecular weight is 177 g/mol. The van der Waals surface area contributed by atoms with Gasteiger partial charge in [0.05, 0.1) is 0 Å². The molecule has 2 rings (SSSR count). The number of H-pyrrole nitrogens is 1. The number of nitrogens with one attached hydrogen (secondary N) is 1. The number of aryl methyl sites for hydroxylation is 1. The average Bonchev–Trinajstić information content (AvgIpc) is 2.09. The molecule has 0 aliphatic heterocycles. The highest BCUT2D eigenvalue weighted by Gasteiger charge is 2.02. The molecule has 1 heterocycles. The maximum absolute atomic E-state index is 13.1. The lowest BCUT2D eigenvalue weighted by molar-refractivity contribution is 0.620. The third-order valence-corrected chi connectivity index (χ3v) is 2.05. The molecule has 1 aromatic heterocycles. The number of hydrogen-bond donors (Lipinski definition) is 1. The van der Waals surface area contributed by atoms with Crippen LogP contribution in [0.2, 0.25) is 0 Å². The lowest BCUT2D eigenvalue weighted by Gasteiger charge is -1.99. The van der Waals surface area contributed by atoms with Crippen LogP contribution < -0.4 is 5.56 Å². The van der Waals surface area contributed by atoms with E-state index in [-0.39, 0.29) is 11.4 Å². The molecule has 0 saturated heterocycles. The van der Waals surface area contributed by atoms with Gasteiger partial charge in [-0.1, -0.05) is 0 Å². The molecule has 0 radical (unpaired) electrons. The van der Waals surface area contributed by atoms with Crippen molar-refractivity contribution in [2.45, 2.75) is 6.92 Å². The van der Waals surface area contributed by atoms with Crippen LogP contribution in [-0.2, 0) is 0 Å². The topological polar surface area (TPSA) is 32.9 Å². The van der Waals surface area contributed by atoms with Gasteiger partial charge >= 0.3 is 0 Å². The minimum Gasteiger partial charge on any atom is -0.329 e. The molecule has 66 valence electrons. The van der Waals surface area contributed by atoms with E-state index in [0.29, 0.717) is 10.9 Å². The summed E-state index contributed by atoms with van der Waals surface area (Å²) in [6, 6.07) is 4.69. The zero-order valence-electron chi connectivity index (χ0n) is 7.10. The molecular weight excluding hydrogens is 169 g/mol. The van der Waals surface area contributed by atoms with Crippen molar-refractivity contribution < 1.29 is 4.39 Å². The van der Waals surface area contributed by atoms with Crippen molar-refractivity contribution in [3.8, 4) is 0 Å². The molecule has 1 N–H and O–H groups in total. The second-order valence-corrected chi connectivity index (χ2v) is 3.00. The van der Waals surface area contributed by atoms with Gasteiger partial charge < -0.3 is 4.98 Å². The Morgan fingerprint density at radius 1 is 1.38 bits per heavy atom. The molecule has 1 aromatic carbocycles. The molecular formula is C10H8FNO. The molecule has 0 spiro atoms. The van der Waals surface area contributed by atoms with Crippen molar-refractivity contribution in [1.29, 1.82) is 0 Å². The van der Waals surface area contributed by atoms with Gasteiger partial charge in [-0.2, -0.15) is 0 Å². The normalized spacial score (nSPS) is 10.6. The summed E-state index contributed by atoms with van der Waals surface area (Å²) >= 11 is 0. The summed E-state index contributed by atoms with van der Waals surface area (Å²) < 4.78 is 13.1. The van der Waals surface area contributed by atoms with Crippen molar-refractivity contribution in [2.24, 2.45) is 0 Å². The molecule has 0 saturated carbocycles. The minimum absolute atomic E-state index is 0.253. The monoisotopic (exact) mass is 177 g/mol. The highest BCUT2D eigenvalue weighted by Crippen LogP contribution is 2.14. The van der Waals surface area contributed by atoms with Crippen LogP contribution in [0.15, 0.2) is 29.2 Å². The van der Waals surface area contributed by atoms with Gasteiger partial charge in [0.1, 0.15) is 5.82 Å². The predicted molar refractivity (Wildman–Crippen MR) is 49.3 cm³/mol. The van der Waals surface area contributed by atoms with Crippen LogP contribution in [0, 0.1) is 12.7 Å². The zero-order valence-corrected chi connectivity index (χ0v) is 7.10. The lowest BCUT2D eigenvalue weighted by atomic mass is 10.1. The number of halogens is 1. The molecule has 0 aliphatic carbocycles. The number of benzene rings is 1. The smallest absolute Gasteiger partial charge is 0.255 e. The molecule has 13 heavy (non-hydrogen) atoms. The Bertz CT molecular complexity index is 516. The van der Waals surface area contributed by atoms with Gasteiger partial charge in [-0.3, -0.25) is 4.79 Å². The predicted octanol–water partition coefficient (Wildman–Crippen LogP) is 1.98. The van der Waals surface area contributed by atoms with Crippen LogP contribution in [0.3, 0.4) is 0 Å². The van der Waals surface area contributed by atoms with Gasteiger partial charge in [0.2, 0.25) is 0 Å². The molecule has 0 aliphatic rings. The van der Waals surface area contributed by atoms with Crippen LogP contribution in [0.1, 0.15) is 5.56 Å². The number of aromatic nitrogens is 1. The van der Waals surface area contributed by atoms with Crippen LogP contribution in [0.25, 0.3) is 10.8 Å². The molecule has 2 nitrogen and oxygen atoms in total. The lowest BCUT2D eigenvalue weighted by Crippen LogP contribution is -2.04. The first-order valence-corrected chi connectivity index (χ1v) is 3.96. The standard InChI is InChI=1S/C10H8FNO/c1-6-4-7-2-3-12-10(13)8(7)5-9(6)11/h2-5H,1H3,(H,12,13). The van der Waals surface area contributed by atoms with E-state index >= 15 is 0 Å². The summed E-state index contributed by atoms with van der Waals surface area (Å²) in [7, 11) is 0. The van der Waals surface area contributed by atoms with Crippen molar-refractivity contribution in [2.75, 3.05) is 0 Å². The largest absolute Gasteiger partial charge is 0.329 e. The Balaban J connectivity index is 2.97. The van der Waals surface area contributed by atoms with E-state index in [2.05, 4.69) is 4.98 Å². The first-order chi connectivity index (χ1) is 6.18. The zero-order chi connectivity index (χ0) is 9.42. The summed E-state index contributed by atoms with van der Waals surface area (Å²) in [4.78, 5) is 13.7. The van der Waals surface area contributed by atoms with E-state index < -0.39 is 0 Å².